The van der Waals surface area contributed by atoms with E-state index in [1.165, 1.54) is 39.5 Å². The second-order valence-electron chi connectivity index (χ2n) is 6.45. The van der Waals surface area contributed by atoms with Crippen molar-refractivity contribution in [2.24, 2.45) is 4.40 Å². The summed E-state index contributed by atoms with van der Waals surface area (Å²) < 4.78 is 42.3. The van der Waals surface area contributed by atoms with Crippen molar-refractivity contribution in [3.8, 4) is 11.5 Å². The Morgan fingerprint density at radius 1 is 1.20 bits per heavy atom. The number of nitrogens with one attached hydrogen (secondary N) is 1. The monoisotopic (exact) mass is 435 g/mol. The average molecular weight is 435 g/mol. The van der Waals surface area contributed by atoms with Gasteiger partial charge >= 0.3 is 5.97 Å². The van der Waals surface area contributed by atoms with Gasteiger partial charge in [0.2, 0.25) is 0 Å². The molecule has 1 unspecified atom stereocenters. The molecule has 3 rings (SSSR count). The molecule has 0 aliphatic carbocycles. The highest BCUT2D eigenvalue weighted by Gasteiger charge is 2.27. The number of carbonyl (C=O) groups is 2. The third kappa shape index (κ3) is 4.79. The fourth-order valence-corrected chi connectivity index (χ4v) is 3.72. The van der Waals surface area contributed by atoms with Gasteiger partial charge in [0, 0.05) is 18.8 Å². The Labute approximate surface area is 173 Å². The van der Waals surface area contributed by atoms with Crippen molar-refractivity contribution >= 4 is 33.4 Å². The molecular weight excluding hydrogens is 414 g/mol. The quantitative estimate of drug-likeness (QED) is 0.658. The summed E-state index contributed by atoms with van der Waals surface area (Å²) in [4.78, 5) is 26.5. The summed E-state index contributed by atoms with van der Waals surface area (Å²) in [7, 11) is -0.523. The molecule has 2 aliphatic heterocycles. The van der Waals surface area contributed by atoms with Crippen LogP contribution >= 0.6 is 0 Å². The lowest BCUT2D eigenvalue weighted by Gasteiger charge is -2.27. The molecule has 0 aromatic heterocycles. The van der Waals surface area contributed by atoms with Gasteiger partial charge < -0.3 is 24.4 Å². The van der Waals surface area contributed by atoms with Gasteiger partial charge in [0.15, 0.2) is 6.10 Å². The Morgan fingerprint density at radius 3 is 2.67 bits per heavy atom. The molecule has 2 heterocycles. The van der Waals surface area contributed by atoms with Gasteiger partial charge in [-0.2, -0.15) is 0 Å². The van der Waals surface area contributed by atoms with Crippen LogP contribution in [-0.2, 0) is 24.3 Å². The Balaban J connectivity index is 1.66. The van der Waals surface area contributed by atoms with Crippen molar-refractivity contribution in [1.29, 1.82) is 0 Å². The van der Waals surface area contributed by atoms with Crippen molar-refractivity contribution in [3.05, 3.63) is 42.1 Å². The largest absolute Gasteiger partial charge is 0.497 e. The lowest BCUT2D eigenvalue weighted by Crippen LogP contribution is -2.37. The van der Waals surface area contributed by atoms with Gasteiger partial charge in [0.05, 0.1) is 31.2 Å². The molecule has 11 heteroatoms. The van der Waals surface area contributed by atoms with Crippen LogP contribution in [0, 0.1) is 0 Å². The highest BCUT2D eigenvalue weighted by molar-refractivity contribution is 7.90. The summed E-state index contributed by atoms with van der Waals surface area (Å²) in [6, 6.07) is 4.91. The number of benzene rings is 1. The number of ether oxygens (including phenoxy) is 3. The third-order valence-electron chi connectivity index (χ3n) is 4.38. The van der Waals surface area contributed by atoms with Crippen molar-refractivity contribution in [2.45, 2.75) is 13.0 Å². The molecule has 1 amide bonds. The highest BCUT2D eigenvalue weighted by Crippen LogP contribution is 2.29. The van der Waals surface area contributed by atoms with Gasteiger partial charge in [-0.15, -0.1) is 4.40 Å². The molecule has 1 aromatic rings. The molecule has 10 nitrogen and oxygen atoms in total. The fourth-order valence-electron chi connectivity index (χ4n) is 2.75. The minimum atomic E-state index is -3.48. The molecule has 0 saturated heterocycles. The summed E-state index contributed by atoms with van der Waals surface area (Å²) in [5.41, 5.74) is 0.545. The molecule has 2 aliphatic rings. The lowest BCUT2D eigenvalue weighted by atomic mass is 10.2. The number of hydrogen-bond donors (Lipinski definition) is 1. The maximum atomic E-state index is 12.5. The Hall–Kier alpha value is -3.34. The van der Waals surface area contributed by atoms with Crippen LogP contribution in [0.4, 0.5) is 5.69 Å². The van der Waals surface area contributed by atoms with E-state index in [9.17, 15) is 18.0 Å². The van der Waals surface area contributed by atoms with E-state index in [-0.39, 0.29) is 23.7 Å². The molecule has 160 valence electrons. The summed E-state index contributed by atoms with van der Waals surface area (Å²) in [6.45, 7) is 1.61. The van der Waals surface area contributed by atoms with Crippen LogP contribution in [-0.4, -0.2) is 63.7 Å². The predicted octanol–water partition coefficient (Wildman–Crippen LogP) is 1.07. The van der Waals surface area contributed by atoms with Crippen LogP contribution in [0.5, 0.6) is 11.5 Å². The molecule has 1 atom stereocenters. The number of nitrogens with zero attached hydrogens (tertiary/aromatic N) is 2. The molecule has 30 heavy (non-hydrogen) atoms. The number of sulfonamides is 1. The number of amides is 1. The zero-order valence-electron chi connectivity index (χ0n) is 16.6. The summed E-state index contributed by atoms with van der Waals surface area (Å²) in [6.07, 6.45) is 3.17. The Bertz CT molecular complexity index is 1060. The van der Waals surface area contributed by atoms with E-state index in [0.29, 0.717) is 17.2 Å². The average Bonchev–Trinajstić information content (AvgIpc) is 2.72. The molecule has 0 saturated carbocycles. The molecule has 0 bridgehead atoms. The van der Waals surface area contributed by atoms with Crippen molar-refractivity contribution in [3.63, 3.8) is 0 Å². The summed E-state index contributed by atoms with van der Waals surface area (Å²) >= 11 is 0. The van der Waals surface area contributed by atoms with Crippen LogP contribution < -0.4 is 14.8 Å². The molecule has 1 aromatic carbocycles. The summed E-state index contributed by atoms with van der Waals surface area (Å²) in [5, 5.41) is 2.64. The third-order valence-corrected chi connectivity index (χ3v) is 5.54. The first-order valence-electron chi connectivity index (χ1n) is 8.95. The maximum absolute atomic E-state index is 12.5. The SMILES string of the molecule is COc1ccc(OC)c(NC(=O)C(C)OC(=O)C2=CN3CCS(=O)(=O)N=C3C=C2)c1. The molecule has 1 N–H and O–H groups in total. The normalized spacial score (nSPS) is 17.8. The van der Waals surface area contributed by atoms with Gasteiger partial charge in [0.25, 0.3) is 15.9 Å². The van der Waals surface area contributed by atoms with E-state index in [0.717, 1.165) is 0 Å². The van der Waals surface area contributed by atoms with Gasteiger partial charge in [0.1, 0.15) is 17.3 Å². The van der Waals surface area contributed by atoms with Gasteiger partial charge in [-0.25, -0.2) is 13.2 Å². The number of carbonyl (C=O) groups excluding carboxylic acids is 2. The van der Waals surface area contributed by atoms with E-state index in [1.807, 2.05) is 0 Å². The molecule has 0 radical (unpaired) electrons. The maximum Gasteiger partial charge on any atom is 0.340 e. The van der Waals surface area contributed by atoms with Crippen LogP contribution in [0.3, 0.4) is 0 Å². The van der Waals surface area contributed by atoms with Gasteiger partial charge in [-0.3, -0.25) is 4.79 Å². The molecular formula is C19H21N3O7S. The minimum Gasteiger partial charge on any atom is -0.497 e. The number of amidine groups is 1. The number of methoxy groups -OCH3 is 2. The van der Waals surface area contributed by atoms with E-state index in [4.69, 9.17) is 14.2 Å². The second kappa shape index (κ2) is 8.57. The first-order valence-corrected chi connectivity index (χ1v) is 10.6. The van der Waals surface area contributed by atoms with Crippen molar-refractivity contribution in [2.75, 3.05) is 31.8 Å². The second-order valence-corrected chi connectivity index (χ2v) is 8.20. The lowest BCUT2D eigenvalue weighted by molar-refractivity contribution is -0.149. The van der Waals surface area contributed by atoms with E-state index in [2.05, 4.69) is 9.71 Å². The van der Waals surface area contributed by atoms with E-state index < -0.39 is 28.0 Å². The van der Waals surface area contributed by atoms with E-state index >= 15 is 0 Å². The van der Waals surface area contributed by atoms with Crippen LogP contribution in [0.25, 0.3) is 0 Å². The first kappa shape index (κ1) is 21.4. The molecule has 0 spiro atoms. The fraction of sp³-hybridized carbons (Fsp3) is 0.316. The Kier molecular flexibility index (Phi) is 6.11. The van der Waals surface area contributed by atoms with E-state index in [1.54, 1.807) is 23.1 Å². The van der Waals surface area contributed by atoms with Crippen molar-refractivity contribution < 1.29 is 32.2 Å². The van der Waals surface area contributed by atoms with Gasteiger partial charge in [-0.1, -0.05) is 0 Å². The zero-order chi connectivity index (χ0) is 21.9. The number of anilines is 1. The number of esters is 1. The minimum absolute atomic E-state index is 0.148. The Morgan fingerprint density at radius 2 is 1.97 bits per heavy atom. The van der Waals surface area contributed by atoms with Crippen LogP contribution in [0.15, 0.2) is 46.5 Å². The zero-order valence-corrected chi connectivity index (χ0v) is 17.4. The van der Waals surface area contributed by atoms with Gasteiger partial charge in [-0.05, 0) is 31.2 Å². The van der Waals surface area contributed by atoms with Crippen LogP contribution in [0.1, 0.15) is 6.92 Å². The smallest absolute Gasteiger partial charge is 0.340 e. The summed E-state index contributed by atoms with van der Waals surface area (Å²) in [5.74, 6) is -0.249. The van der Waals surface area contributed by atoms with Crippen LogP contribution in [0.2, 0.25) is 0 Å². The number of rotatable bonds is 6. The highest BCUT2D eigenvalue weighted by atomic mass is 32.2. The topological polar surface area (TPSA) is 124 Å². The molecule has 0 fully saturated rings. The first-order chi connectivity index (χ1) is 14.2. The van der Waals surface area contributed by atoms with Crippen molar-refractivity contribution in [1.82, 2.24) is 4.90 Å². The standard InChI is InChI=1S/C19H21N3O7S/c1-12(18(23)20-15-10-14(27-2)5-6-16(15)28-3)29-19(24)13-4-7-17-21-30(25,26)9-8-22(17)11-13/h4-7,10-12H,8-9H2,1-3H3,(H,20,23). The number of fused-ring (bicyclic) bond motifs is 1. The predicted molar refractivity (Wildman–Crippen MR) is 109 cm³/mol. The number of hydrogen-bond acceptors (Lipinski definition) is 8.